The number of rotatable bonds is 6. The predicted octanol–water partition coefficient (Wildman–Crippen LogP) is 4.05. The van der Waals surface area contributed by atoms with E-state index in [4.69, 9.17) is 22.7 Å². The van der Waals surface area contributed by atoms with E-state index in [-0.39, 0.29) is 0 Å². The van der Waals surface area contributed by atoms with Gasteiger partial charge in [-0.15, -0.1) is 0 Å². The molecule has 0 amide bonds. The lowest BCUT2D eigenvalue weighted by Gasteiger charge is -2.10. The zero-order valence-corrected chi connectivity index (χ0v) is 15.8. The molecule has 5 nitrogen and oxygen atoms in total. The van der Waals surface area contributed by atoms with Crippen molar-refractivity contribution in [2.45, 2.75) is 13.5 Å². The second-order valence-corrected chi connectivity index (χ2v) is 6.90. The van der Waals surface area contributed by atoms with Crippen LogP contribution >= 0.6 is 12.2 Å². The van der Waals surface area contributed by atoms with Gasteiger partial charge in [-0.1, -0.05) is 24.4 Å². The number of hydrogen-bond acceptors (Lipinski definition) is 3. The third-order valence-corrected chi connectivity index (χ3v) is 4.78. The molecule has 0 aliphatic rings. The van der Waals surface area contributed by atoms with Gasteiger partial charge in [0.15, 0.2) is 0 Å². The first-order valence-electron chi connectivity index (χ1n) is 8.73. The van der Waals surface area contributed by atoms with Crippen molar-refractivity contribution >= 4 is 28.1 Å². The van der Waals surface area contributed by atoms with Gasteiger partial charge < -0.3 is 20.0 Å². The van der Waals surface area contributed by atoms with Crippen LogP contribution in [0.3, 0.4) is 0 Å². The fourth-order valence-corrected chi connectivity index (χ4v) is 3.30. The summed E-state index contributed by atoms with van der Waals surface area (Å²) in [5.74, 6) is 0.879. The number of aromatic amines is 1. The van der Waals surface area contributed by atoms with E-state index in [1.807, 2.05) is 55.1 Å². The molecule has 4 aromatic rings. The highest BCUT2D eigenvalue weighted by Crippen LogP contribution is 2.29. The van der Waals surface area contributed by atoms with E-state index >= 15 is 0 Å². The number of nitrogens with two attached hydrogens (primary N) is 1. The van der Waals surface area contributed by atoms with E-state index in [0.717, 1.165) is 33.5 Å². The SMILES string of the molecule is Cc1cccc(OCCn2cncc2-c2c[nH]c3ccc(C(N)=S)cc23)c1. The summed E-state index contributed by atoms with van der Waals surface area (Å²) in [7, 11) is 0. The molecule has 4 rings (SSSR count). The number of aryl methyl sites for hydroxylation is 1. The molecule has 0 aliphatic carbocycles. The van der Waals surface area contributed by atoms with Gasteiger partial charge in [-0.2, -0.15) is 0 Å². The molecular formula is C21H20N4OS. The van der Waals surface area contributed by atoms with E-state index in [2.05, 4.69) is 27.5 Å². The molecule has 0 atom stereocenters. The molecule has 0 aliphatic heterocycles. The number of H-pyrrole nitrogens is 1. The topological polar surface area (TPSA) is 68.9 Å². The van der Waals surface area contributed by atoms with Crippen LogP contribution in [0, 0.1) is 6.92 Å². The minimum Gasteiger partial charge on any atom is -0.492 e. The molecule has 0 spiro atoms. The van der Waals surface area contributed by atoms with E-state index in [9.17, 15) is 0 Å². The van der Waals surface area contributed by atoms with Gasteiger partial charge in [0.05, 0.1) is 24.8 Å². The van der Waals surface area contributed by atoms with Gasteiger partial charge in [0.25, 0.3) is 0 Å². The third-order valence-electron chi connectivity index (χ3n) is 4.54. The zero-order valence-electron chi connectivity index (χ0n) is 15.0. The van der Waals surface area contributed by atoms with Gasteiger partial charge in [0.2, 0.25) is 0 Å². The lowest BCUT2D eigenvalue weighted by atomic mass is 10.1. The monoisotopic (exact) mass is 376 g/mol. The maximum absolute atomic E-state index is 5.88. The summed E-state index contributed by atoms with van der Waals surface area (Å²) in [6.07, 6.45) is 5.68. The average molecular weight is 376 g/mol. The summed E-state index contributed by atoms with van der Waals surface area (Å²) < 4.78 is 7.97. The smallest absolute Gasteiger partial charge is 0.119 e. The first-order valence-corrected chi connectivity index (χ1v) is 9.13. The fourth-order valence-electron chi connectivity index (χ4n) is 3.18. The van der Waals surface area contributed by atoms with Crippen LogP contribution in [0.1, 0.15) is 11.1 Å². The molecule has 6 heteroatoms. The Morgan fingerprint density at radius 1 is 1.26 bits per heavy atom. The molecule has 27 heavy (non-hydrogen) atoms. The van der Waals surface area contributed by atoms with E-state index in [1.54, 1.807) is 0 Å². The Balaban J connectivity index is 1.57. The zero-order chi connectivity index (χ0) is 18.8. The van der Waals surface area contributed by atoms with Gasteiger partial charge in [-0.05, 0) is 42.8 Å². The van der Waals surface area contributed by atoms with Gasteiger partial charge in [-0.3, -0.25) is 0 Å². The van der Waals surface area contributed by atoms with Crippen LogP contribution in [-0.4, -0.2) is 26.1 Å². The van der Waals surface area contributed by atoms with E-state index in [1.165, 1.54) is 5.56 Å². The minimum absolute atomic E-state index is 0.393. The molecule has 0 saturated carbocycles. The molecule has 0 fully saturated rings. The summed E-state index contributed by atoms with van der Waals surface area (Å²) in [6.45, 7) is 3.32. The summed E-state index contributed by atoms with van der Waals surface area (Å²) in [5, 5.41) is 1.07. The largest absolute Gasteiger partial charge is 0.492 e. The maximum Gasteiger partial charge on any atom is 0.119 e. The second kappa shape index (κ2) is 7.25. The number of hydrogen-bond donors (Lipinski definition) is 2. The van der Waals surface area contributed by atoms with Gasteiger partial charge in [0, 0.05) is 28.2 Å². The standard InChI is InChI=1S/C21H20N4OS/c1-14-3-2-4-16(9-14)26-8-7-25-13-23-12-20(25)18-11-24-19-6-5-15(21(22)27)10-17(18)19/h2-6,9-13,24H,7-8H2,1H3,(H2,22,27). The number of benzene rings is 2. The van der Waals surface area contributed by atoms with Crippen molar-refractivity contribution in [2.75, 3.05) is 6.61 Å². The van der Waals surface area contributed by atoms with Crippen LogP contribution in [0.4, 0.5) is 0 Å². The van der Waals surface area contributed by atoms with Crippen LogP contribution < -0.4 is 10.5 Å². The minimum atomic E-state index is 0.393. The Labute approximate surface area is 162 Å². The summed E-state index contributed by atoms with van der Waals surface area (Å²) in [6, 6.07) is 14.0. The summed E-state index contributed by atoms with van der Waals surface area (Å²) >= 11 is 5.11. The quantitative estimate of drug-likeness (QED) is 0.498. The summed E-state index contributed by atoms with van der Waals surface area (Å²) in [5.41, 5.74) is 11.0. The number of ether oxygens (including phenoxy) is 1. The van der Waals surface area contributed by atoms with Crippen molar-refractivity contribution in [3.05, 3.63) is 72.3 Å². The van der Waals surface area contributed by atoms with Gasteiger partial charge >= 0.3 is 0 Å². The first kappa shape index (κ1) is 17.3. The maximum atomic E-state index is 5.88. The number of nitrogens with zero attached hydrogens (tertiary/aromatic N) is 2. The van der Waals surface area contributed by atoms with Crippen molar-refractivity contribution in [3.8, 4) is 17.0 Å². The van der Waals surface area contributed by atoms with Crippen LogP contribution in [0.5, 0.6) is 5.75 Å². The summed E-state index contributed by atoms with van der Waals surface area (Å²) in [4.78, 5) is 8.02. The number of nitrogens with one attached hydrogen (secondary N) is 1. The fraction of sp³-hybridized carbons (Fsp3) is 0.143. The van der Waals surface area contributed by atoms with Crippen molar-refractivity contribution in [1.29, 1.82) is 0 Å². The van der Waals surface area contributed by atoms with Gasteiger partial charge in [0.1, 0.15) is 17.3 Å². The van der Waals surface area contributed by atoms with Crippen LogP contribution in [0.25, 0.3) is 22.2 Å². The predicted molar refractivity (Wildman–Crippen MR) is 112 cm³/mol. The highest BCUT2D eigenvalue weighted by atomic mass is 32.1. The molecule has 0 bridgehead atoms. The molecule has 2 heterocycles. The van der Waals surface area contributed by atoms with Crippen molar-refractivity contribution in [1.82, 2.24) is 14.5 Å². The normalized spacial score (nSPS) is 11.0. The Kier molecular flexibility index (Phi) is 4.64. The van der Waals surface area contributed by atoms with Crippen molar-refractivity contribution < 1.29 is 4.74 Å². The van der Waals surface area contributed by atoms with Crippen LogP contribution in [-0.2, 0) is 6.54 Å². The molecular weight excluding hydrogens is 356 g/mol. The number of fused-ring (bicyclic) bond motifs is 1. The second-order valence-electron chi connectivity index (χ2n) is 6.46. The van der Waals surface area contributed by atoms with Crippen molar-refractivity contribution in [3.63, 3.8) is 0 Å². The Bertz CT molecular complexity index is 1110. The lowest BCUT2D eigenvalue weighted by molar-refractivity contribution is 0.299. The molecule has 136 valence electrons. The Hall–Kier alpha value is -3.12. The Morgan fingerprint density at radius 3 is 2.96 bits per heavy atom. The lowest BCUT2D eigenvalue weighted by Crippen LogP contribution is -2.09. The average Bonchev–Trinajstić information content (AvgIpc) is 3.27. The van der Waals surface area contributed by atoms with E-state index in [0.29, 0.717) is 18.1 Å². The molecule has 0 unspecified atom stereocenters. The number of aromatic nitrogens is 3. The van der Waals surface area contributed by atoms with E-state index < -0.39 is 0 Å². The van der Waals surface area contributed by atoms with Crippen molar-refractivity contribution in [2.24, 2.45) is 5.73 Å². The third kappa shape index (κ3) is 3.57. The molecule has 2 aromatic carbocycles. The van der Waals surface area contributed by atoms with Crippen LogP contribution in [0.15, 0.2) is 61.2 Å². The highest BCUT2D eigenvalue weighted by molar-refractivity contribution is 7.80. The van der Waals surface area contributed by atoms with Gasteiger partial charge in [-0.25, -0.2) is 4.98 Å². The molecule has 3 N–H and O–H groups in total. The molecule has 0 radical (unpaired) electrons. The Morgan fingerprint density at radius 2 is 2.15 bits per heavy atom. The molecule has 0 saturated heterocycles. The molecule has 2 aromatic heterocycles. The number of thiocarbonyl (C=S) groups is 1. The first-order chi connectivity index (χ1) is 13.1. The van der Waals surface area contributed by atoms with Crippen LogP contribution in [0.2, 0.25) is 0 Å². The number of imidazole rings is 1. The highest BCUT2D eigenvalue weighted by Gasteiger charge is 2.12.